The Hall–Kier alpha value is -0.620. The summed E-state index contributed by atoms with van der Waals surface area (Å²) >= 11 is 6.16. The van der Waals surface area contributed by atoms with Crippen molar-refractivity contribution in [2.45, 2.75) is 17.8 Å². The second kappa shape index (κ2) is 2.43. The normalized spacial score (nSPS) is 33.2. The van der Waals surface area contributed by atoms with Crippen molar-refractivity contribution in [3.63, 3.8) is 0 Å². The molecule has 0 aromatic rings. The van der Waals surface area contributed by atoms with E-state index in [4.69, 9.17) is 17.3 Å². The maximum absolute atomic E-state index is 11.0. The average molecular weight is 203 g/mol. The van der Waals surface area contributed by atoms with E-state index in [2.05, 4.69) is 0 Å². The van der Waals surface area contributed by atoms with E-state index in [0.717, 1.165) is 0 Å². The van der Waals surface area contributed by atoms with E-state index in [1.165, 1.54) is 16.7 Å². The third-order valence-electron chi connectivity index (χ3n) is 1.94. The van der Waals surface area contributed by atoms with Crippen LogP contribution in [-0.4, -0.2) is 37.5 Å². The van der Waals surface area contributed by atoms with Gasteiger partial charge in [0.1, 0.15) is 0 Å². The number of hydrogen-bond donors (Lipinski definition) is 1. The first-order valence-electron chi connectivity index (χ1n) is 3.35. The van der Waals surface area contributed by atoms with Crippen LogP contribution in [0.4, 0.5) is 0 Å². The Balaban J connectivity index is 2.26. The summed E-state index contributed by atoms with van der Waals surface area (Å²) in [6, 6.07) is -0.865. The summed E-state index contributed by atoms with van der Waals surface area (Å²) in [5, 5.41) is 8.72. The lowest BCUT2D eigenvalue weighted by Gasteiger charge is -2.34. The van der Waals surface area contributed by atoms with Gasteiger partial charge in [0.2, 0.25) is 5.91 Å². The average Bonchev–Trinajstić information content (AvgIpc) is 2.22. The minimum Gasteiger partial charge on any atom is -0.479 e. The maximum atomic E-state index is 11.0. The number of β-lactam (4-membered cyclic amide) rings is 1. The molecule has 1 unspecified atom stereocenters. The zero-order valence-electron chi connectivity index (χ0n) is 5.89. The van der Waals surface area contributed by atoms with Crippen LogP contribution in [0.5, 0.6) is 0 Å². The number of carbonyl (C=O) groups excluding carboxylic acids is 1. The van der Waals surface area contributed by atoms with Crippen LogP contribution in [-0.2, 0) is 9.59 Å². The molecule has 6 heteroatoms. The second-order valence-electron chi connectivity index (χ2n) is 2.64. The number of nitrogens with zero attached hydrogens (tertiary/aromatic N) is 1. The van der Waals surface area contributed by atoms with Gasteiger partial charge in [0.05, 0.1) is 16.0 Å². The van der Waals surface area contributed by atoms with Crippen LogP contribution in [0.15, 0.2) is 0 Å². The highest BCUT2D eigenvalue weighted by molar-refractivity contribution is 8.24. The molecule has 2 aliphatic heterocycles. The molecule has 0 aromatic heterocycles. The van der Waals surface area contributed by atoms with E-state index in [9.17, 15) is 9.59 Å². The van der Waals surface area contributed by atoms with Gasteiger partial charge < -0.3 is 10.0 Å². The number of rotatable bonds is 1. The van der Waals surface area contributed by atoms with Crippen LogP contribution >= 0.6 is 24.0 Å². The summed E-state index contributed by atoms with van der Waals surface area (Å²) in [6.45, 7) is 0. The summed E-state index contributed by atoms with van der Waals surface area (Å²) in [5.41, 5.74) is 0. The zero-order valence-corrected chi connectivity index (χ0v) is 7.52. The maximum Gasteiger partial charge on any atom is 0.332 e. The van der Waals surface area contributed by atoms with Crippen molar-refractivity contribution in [1.29, 1.82) is 0 Å². The van der Waals surface area contributed by atoms with Crippen molar-refractivity contribution >= 4 is 40.1 Å². The van der Waals surface area contributed by atoms with Crippen molar-refractivity contribution in [2.24, 2.45) is 0 Å². The van der Waals surface area contributed by atoms with Crippen LogP contribution in [0.25, 0.3) is 0 Å². The first-order chi connectivity index (χ1) is 5.61. The molecule has 0 aromatic carbocycles. The standard InChI is InChI=1S/C6H5NO3S2/c8-2-1-3-7(2)4(5(9)10)6(11)12-3/h3-4H,1H2,(H,9,10)/t3-,4?/m1/s1. The molecule has 1 N–H and O–H groups in total. The van der Waals surface area contributed by atoms with E-state index in [1.54, 1.807) is 0 Å². The predicted molar refractivity (Wildman–Crippen MR) is 46.9 cm³/mol. The van der Waals surface area contributed by atoms with E-state index in [1.807, 2.05) is 0 Å². The van der Waals surface area contributed by atoms with Gasteiger partial charge in [-0.05, 0) is 0 Å². The number of fused-ring (bicyclic) bond motifs is 1. The molecule has 0 aliphatic carbocycles. The van der Waals surface area contributed by atoms with Gasteiger partial charge in [-0.2, -0.15) is 0 Å². The Morgan fingerprint density at radius 1 is 1.75 bits per heavy atom. The molecule has 2 saturated heterocycles. The fourth-order valence-corrected chi connectivity index (χ4v) is 3.08. The van der Waals surface area contributed by atoms with Gasteiger partial charge in [0, 0.05) is 0 Å². The van der Waals surface area contributed by atoms with E-state index in [0.29, 0.717) is 10.6 Å². The lowest BCUT2D eigenvalue weighted by atomic mass is 10.1. The third-order valence-corrected chi connectivity index (χ3v) is 3.57. The highest BCUT2D eigenvalue weighted by atomic mass is 32.2. The number of carboxylic acids is 1. The molecule has 0 saturated carbocycles. The topological polar surface area (TPSA) is 57.6 Å². The smallest absolute Gasteiger partial charge is 0.332 e. The first-order valence-corrected chi connectivity index (χ1v) is 4.64. The summed E-state index contributed by atoms with van der Waals surface area (Å²) < 4.78 is 0.401. The molecular weight excluding hydrogens is 198 g/mol. The highest BCUT2D eigenvalue weighted by Gasteiger charge is 2.52. The van der Waals surface area contributed by atoms with Gasteiger partial charge in [-0.1, -0.05) is 24.0 Å². The summed E-state index contributed by atoms with van der Waals surface area (Å²) in [4.78, 5) is 23.0. The lowest BCUT2D eigenvalue weighted by Crippen LogP contribution is -2.54. The molecule has 2 heterocycles. The molecule has 0 spiro atoms. The molecule has 2 atom stereocenters. The summed E-state index contributed by atoms with van der Waals surface area (Å²) in [5.74, 6) is -1.14. The van der Waals surface area contributed by atoms with Crippen molar-refractivity contribution in [2.75, 3.05) is 0 Å². The fraction of sp³-hybridized carbons (Fsp3) is 0.500. The molecule has 12 heavy (non-hydrogen) atoms. The Morgan fingerprint density at radius 3 is 2.83 bits per heavy atom. The fourth-order valence-electron chi connectivity index (χ4n) is 1.34. The Morgan fingerprint density at radius 2 is 2.42 bits per heavy atom. The second-order valence-corrected chi connectivity index (χ2v) is 4.56. The molecule has 2 fully saturated rings. The van der Waals surface area contributed by atoms with Gasteiger partial charge in [0.15, 0.2) is 6.04 Å². The van der Waals surface area contributed by atoms with E-state index in [-0.39, 0.29) is 11.3 Å². The van der Waals surface area contributed by atoms with Crippen molar-refractivity contribution in [1.82, 2.24) is 4.90 Å². The van der Waals surface area contributed by atoms with Crippen LogP contribution in [0.1, 0.15) is 6.42 Å². The van der Waals surface area contributed by atoms with Crippen LogP contribution in [0, 0.1) is 0 Å². The van der Waals surface area contributed by atoms with Gasteiger partial charge in [0.25, 0.3) is 0 Å². The quantitative estimate of drug-likeness (QED) is 0.483. The van der Waals surface area contributed by atoms with Gasteiger partial charge in [-0.25, -0.2) is 4.79 Å². The Kier molecular flexibility index (Phi) is 1.62. The summed E-state index contributed by atoms with van der Waals surface area (Å²) in [7, 11) is 0. The van der Waals surface area contributed by atoms with E-state index >= 15 is 0 Å². The lowest BCUT2D eigenvalue weighted by molar-refractivity contribution is -0.153. The minimum absolute atomic E-state index is 0.00824. The Labute approximate surface area is 77.9 Å². The summed E-state index contributed by atoms with van der Waals surface area (Å²) in [6.07, 6.45) is 0.425. The monoisotopic (exact) mass is 203 g/mol. The first kappa shape index (κ1) is 8.00. The molecule has 1 amide bonds. The molecule has 0 bridgehead atoms. The molecular formula is C6H5NO3S2. The molecule has 2 rings (SSSR count). The van der Waals surface area contributed by atoms with E-state index < -0.39 is 12.0 Å². The number of carbonyl (C=O) groups is 2. The predicted octanol–water partition coefficient (Wildman–Crippen LogP) is 0.0722. The number of thioether (sulfide) groups is 1. The minimum atomic E-state index is -1.02. The SMILES string of the molecule is O=C(O)C1C(=S)S[C@@H]2CC(=O)N12. The van der Waals surface area contributed by atoms with Crippen LogP contribution in [0.3, 0.4) is 0 Å². The van der Waals surface area contributed by atoms with Gasteiger partial charge >= 0.3 is 5.97 Å². The van der Waals surface area contributed by atoms with Crippen molar-refractivity contribution < 1.29 is 14.7 Å². The number of aliphatic carboxylic acids is 1. The van der Waals surface area contributed by atoms with Crippen LogP contribution in [0.2, 0.25) is 0 Å². The molecule has 64 valence electrons. The van der Waals surface area contributed by atoms with Crippen molar-refractivity contribution in [3.8, 4) is 0 Å². The number of hydrogen-bond acceptors (Lipinski definition) is 4. The highest BCUT2D eigenvalue weighted by Crippen LogP contribution is 2.41. The molecule has 0 radical (unpaired) electrons. The van der Waals surface area contributed by atoms with Crippen LogP contribution < -0.4 is 0 Å². The van der Waals surface area contributed by atoms with Gasteiger partial charge in [-0.15, -0.1) is 0 Å². The largest absolute Gasteiger partial charge is 0.479 e. The number of thiocarbonyl (C=S) groups is 1. The van der Waals surface area contributed by atoms with Gasteiger partial charge in [-0.3, -0.25) is 4.79 Å². The Bertz CT molecular complexity index is 291. The third kappa shape index (κ3) is 0.879. The number of carboxylic acid groups (broad SMARTS) is 1. The number of amides is 1. The zero-order chi connectivity index (χ0) is 8.88. The molecule has 2 aliphatic rings. The molecule has 4 nitrogen and oxygen atoms in total. The van der Waals surface area contributed by atoms with Crippen molar-refractivity contribution in [3.05, 3.63) is 0 Å².